The fraction of sp³-hybridized carbons (Fsp3) is 0.468. The van der Waals surface area contributed by atoms with E-state index in [0.717, 1.165) is 87.0 Å². The van der Waals surface area contributed by atoms with Crippen molar-refractivity contribution in [1.82, 2.24) is 14.7 Å². The Labute approximate surface area is 324 Å². The van der Waals surface area contributed by atoms with Gasteiger partial charge in [-0.2, -0.15) is 0 Å². The molecule has 2 N–H and O–H groups in total. The van der Waals surface area contributed by atoms with Gasteiger partial charge in [-0.1, -0.05) is 116 Å². The number of primary amides is 1. The first-order chi connectivity index (χ1) is 26.4. The van der Waals surface area contributed by atoms with Crippen LogP contribution in [0.25, 0.3) is 0 Å². The third-order valence-corrected chi connectivity index (χ3v) is 12.1. The number of piperidine rings is 1. The van der Waals surface area contributed by atoms with E-state index in [0.29, 0.717) is 6.04 Å². The van der Waals surface area contributed by atoms with Gasteiger partial charge in [0, 0.05) is 25.7 Å². The van der Waals surface area contributed by atoms with Crippen LogP contribution in [0, 0.1) is 12.8 Å². The molecule has 2 saturated heterocycles. The zero-order valence-electron chi connectivity index (χ0n) is 32.9. The SMILES string of the molecule is COc1cccc(OC)c1CN1CCC(N(CCCCCCCN2CC[C@@H](C(C(N)=O)(c3ccccc3)c3ccccc3)C2)Cc2ccc(C)cc2)CC1. The Morgan fingerprint density at radius 1 is 0.722 bits per heavy atom. The van der Waals surface area contributed by atoms with Crippen molar-refractivity contribution < 1.29 is 14.3 Å². The van der Waals surface area contributed by atoms with Crippen LogP contribution < -0.4 is 15.2 Å². The van der Waals surface area contributed by atoms with E-state index in [1.165, 1.54) is 56.1 Å². The van der Waals surface area contributed by atoms with Crippen LogP contribution in [0.4, 0.5) is 0 Å². The van der Waals surface area contributed by atoms with E-state index < -0.39 is 5.41 Å². The van der Waals surface area contributed by atoms with Crippen LogP contribution in [0.1, 0.15) is 79.2 Å². The molecule has 2 heterocycles. The molecule has 2 fully saturated rings. The molecule has 288 valence electrons. The minimum atomic E-state index is -0.818. The lowest BCUT2D eigenvalue weighted by Gasteiger charge is -2.39. The molecule has 2 aliphatic rings. The first-order valence-electron chi connectivity index (χ1n) is 20.3. The Morgan fingerprint density at radius 3 is 1.89 bits per heavy atom. The number of unbranched alkanes of at least 4 members (excludes halogenated alkanes) is 4. The summed E-state index contributed by atoms with van der Waals surface area (Å²) in [7, 11) is 3.48. The average molecular weight is 731 g/mol. The average Bonchev–Trinajstić information content (AvgIpc) is 3.68. The van der Waals surface area contributed by atoms with Crippen LogP contribution in [-0.2, 0) is 23.3 Å². The Bertz CT molecular complexity index is 1660. The molecule has 0 aromatic heterocycles. The summed E-state index contributed by atoms with van der Waals surface area (Å²) >= 11 is 0. The number of aryl methyl sites for hydroxylation is 1. The van der Waals surface area contributed by atoms with Crippen LogP contribution in [0.15, 0.2) is 103 Å². The largest absolute Gasteiger partial charge is 0.496 e. The predicted octanol–water partition coefficient (Wildman–Crippen LogP) is 8.22. The second kappa shape index (κ2) is 19.4. The van der Waals surface area contributed by atoms with Crippen molar-refractivity contribution in [2.24, 2.45) is 11.7 Å². The molecule has 7 nitrogen and oxygen atoms in total. The number of nitrogens with zero attached hydrogens (tertiary/aromatic N) is 3. The van der Waals surface area contributed by atoms with E-state index >= 15 is 0 Å². The second-order valence-corrected chi connectivity index (χ2v) is 15.6. The molecule has 0 spiro atoms. The number of methoxy groups -OCH3 is 2. The lowest BCUT2D eigenvalue weighted by atomic mass is 9.64. The number of likely N-dealkylation sites (tertiary alicyclic amines) is 2. The van der Waals surface area contributed by atoms with Crippen molar-refractivity contribution >= 4 is 5.91 Å². The number of carbonyl (C=O) groups excluding carboxylic acids is 1. The maximum Gasteiger partial charge on any atom is 0.232 e. The lowest BCUT2D eigenvalue weighted by Crippen LogP contribution is -2.49. The quantitative estimate of drug-likeness (QED) is 0.0982. The van der Waals surface area contributed by atoms with Gasteiger partial charge in [-0.3, -0.25) is 14.6 Å². The van der Waals surface area contributed by atoms with Gasteiger partial charge < -0.3 is 20.1 Å². The Kier molecular flexibility index (Phi) is 14.2. The topological polar surface area (TPSA) is 71.3 Å². The highest BCUT2D eigenvalue weighted by atomic mass is 16.5. The van der Waals surface area contributed by atoms with Gasteiger partial charge in [0.15, 0.2) is 0 Å². The maximum atomic E-state index is 13.5. The fourth-order valence-electron chi connectivity index (χ4n) is 9.16. The molecule has 54 heavy (non-hydrogen) atoms. The Balaban J connectivity index is 0.978. The van der Waals surface area contributed by atoms with Crippen molar-refractivity contribution in [3.8, 4) is 11.5 Å². The van der Waals surface area contributed by atoms with Gasteiger partial charge in [0.25, 0.3) is 0 Å². The van der Waals surface area contributed by atoms with Crippen LogP contribution >= 0.6 is 0 Å². The normalized spacial score (nSPS) is 17.2. The third-order valence-electron chi connectivity index (χ3n) is 12.1. The first-order valence-corrected chi connectivity index (χ1v) is 20.3. The number of nitrogens with two attached hydrogens (primary N) is 1. The van der Waals surface area contributed by atoms with Crippen LogP contribution in [0.5, 0.6) is 11.5 Å². The zero-order valence-corrected chi connectivity index (χ0v) is 32.9. The summed E-state index contributed by atoms with van der Waals surface area (Å²) in [6.07, 6.45) is 9.48. The van der Waals surface area contributed by atoms with E-state index in [1.54, 1.807) is 14.2 Å². The molecule has 0 saturated carbocycles. The van der Waals surface area contributed by atoms with E-state index in [1.807, 2.05) is 54.6 Å². The van der Waals surface area contributed by atoms with Crippen molar-refractivity contribution in [3.05, 3.63) is 131 Å². The highest BCUT2D eigenvalue weighted by Gasteiger charge is 2.49. The highest BCUT2D eigenvalue weighted by Crippen LogP contribution is 2.43. The molecule has 1 amide bonds. The number of carbonyl (C=O) groups is 1. The van der Waals surface area contributed by atoms with Gasteiger partial charge in [0.05, 0.1) is 19.8 Å². The van der Waals surface area contributed by atoms with Crippen molar-refractivity contribution in [2.75, 3.05) is 53.5 Å². The van der Waals surface area contributed by atoms with E-state index in [9.17, 15) is 4.79 Å². The molecule has 2 aliphatic heterocycles. The number of benzene rings is 4. The van der Waals surface area contributed by atoms with Gasteiger partial charge in [-0.15, -0.1) is 0 Å². The van der Waals surface area contributed by atoms with Gasteiger partial charge in [-0.25, -0.2) is 0 Å². The Morgan fingerprint density at radius 2 is 1.30 bits per heavy atom. The molecule has 4 aromatic carbocycles. The third kappa shape index (κ3) is 9.55. The van der Waals surface area contributed by atoms with Gasteiger partial charge in [-0.05, 0) is 106 Å². The molecule has 6 rings (SSSR count). The molecule has 4 aromatic rings. The summed E-state index contributed by atoms with van der Waals surface area (Å²) in [4.78, 5) is 21.3. The zero-order chi connectivity index (χ0) is 37.8. The number of rotatable bonds is 19. The standard InChI is InChI=1S/C47H62N4O3/c1-37-22-24-38(25-23-37)34-51(42-27-32-50(33-28-42)36-43-44(53-2)20-15-21-45(43)54-3)30-14-6-4-5-13-29-49-31-26-41(35-49)47(46(48)52,39-16-9-7-10-17-39)40-18-11-8-12-19-40/h7-12,15-25,41-42H,4-6,13-14,26-36H2,1-3H3,(H2,48,52)/t41-/m1/s1. The number of amides is 1. The molecule has 1 atom stereocenters. The summed E-state index contributed by atoms with van der Waals surface area (Å²) in [5, 5.41) is 0. The molecular formula is C47H62N4O3. The first kappa shape index (κ1) is 39.5. The van der Waals surface area contributed by atoms with Crippen LogP contribution in [0.2, 0.25) is 0 Å². The monoisotopic (exact) mass is 730 g/mol. The predicted molar refractivity (Wildman–Crippen MR) is 220 cm³/mol. The fourth-order valence-corrected chi connectivity index (χ4v) is 9.16. The summed E-state index contributed by atoms with van der Waals surface area (Å²) in [6.45, 7) is 10.3. The minimum Gasteiger partial charge on any atom is -0.496 e. The van der Waals surface area contributed by atoms with Crippen LogP contribution in [-0.4, -0.2) is 80.1 Å². The van der Waals surface area contributed by atoms with Crippen LogP contribution in [0.3, 0.4) is 0 Å². The summed E-state index contributed by atoms with van der Waals surface area (Å²) in [5.74, 6) is 1.70. The molecular weight excluding hydrogens is 669 g/mol. The maximum absolute atomic E-state index is 13.5. The second-order valence-electron chi connectivity index (χ2n) is 15.6. The Hall–Kier alpha value is -4.17. The van der Waals surface area contributed by atoms with E-state index in [4.69, 9.17) is 15.2 Å². The van der Waals surface area contributed by atoms with Crippen molar-refractivity contribution in [3.63, 3.8) is 0 Å². The molecule has 0 aliphatic carbocycles. The summed E-state index contributed by atoms with van der Waals surface area (Å²) in [6, 6.07) is 36.2. The van der Waals surface area contributed by atoms with Gasteiger partial charge in [0.1, 0.15) is 16.9 Å². The molecule has 7 heteroatoms. The van der Waals surface area contributed by atoms with Crippen molar-refractivity contribution in [1.29, 1.82) is 0 Å². The smallest absolute Gasteiger partial charge is 0.232 e. The van der Waals surface area contributed by atoms with Crippen molar-refractivity contribution in [2.45, 2.75) is 82.8 Å². The number of hydrogen-bond acceptors (Lipinski definition) is 6. The highest BCUT2D eigenvalue weighted by molar-refractivity contribution is 5.91. The summed E-state index contributed by atoms with van der Waals surface area (Å²) < 4.78 is 11.4. The van der Waals surface area contributed by atoms with E-state index in [-0.39, 0.29) is 11.8 Å². The van der Waals surface area contributed by atoms with Gasteiger partial charge in [0.2, 0.25) is 5.91 Å². The minimum absolute atomic E-state index is 0.148. The number of ether oxygens (including phenoxy) is 2. The lowest BCUT2D eigenvalue weighted by molar-refractivity contribution is -0.123. The molecule has 0 unspecified atom stereocenters. The van der Waals surface area contributed by atoms with E-state index in [2.05, 4.69) is 70.2 Å². The summed E-state index contributed by atoms with van der Waals surface area (Å²) in [5.41, 5.74) is 11.4. The molecule has 0 bridgehead atoms. The van der Waals surface area contributed by atoms with Gasteiger partial charge >= 0.3 is 0 Å². The number of hydrogen-bond donors (Lipinski definition) is 1. The molecule has 0 radical (unpaired) electrons.